The predicted molar refractivity (Wildman–Crippen MR) is 80.8 cm³/mol. The number of oxazole rings is 1. The van der Waals surface area contributed by atoms with Crippen molar-refractivity contribution in [3.63, 3.8) is 0 Å². The van der Waals surface area contributed by atoms with E-state index in [-0.39, 0.29) is 24.8 Å². The molecule has 1 aromatic carbocycles. The monoisotopic (exact) mass is 318 g/mol. The van der Waals surface area contributed by atoms with Crippen LogP contribution in [-0.4, -0.2) is 20.4 Å². The van der Waals surface area contributed by atoms with Crippen LogP contribution < -0.4 is 11.1 Å². The first-order chi connectivity index (χ1) is 10.6. The number of fused-ring (bicyclic) bond motifs is 1. The zero-order chi connectivity index (χ0) is 15.5. The van der Waals surface area contributed by atoms with Crippen molar-refractivity contribution >= 4 is 34.6 Å². The van der Waals surface area contributed by atoms with Crippen LogP contribution in [0.2, 0.25) is 5.02 Å². The first-order valence-corrected chi connectivity index (χ1v) is 6.87. The standard InChI is InChI=1S/C14H11ClN4O3/c15-9-2-3-10-11(8-9)22-14(21)19(10)7-4-12(20)18-13-16-5-1-6-17-13/h1-3,5-6,8H,4,7H2,(H,16,17,18,20). The maximum absolute atomic E-state index is 11.9. The van der Waals surface area contributed by atoms with Gasteiger partial charge in [-0.1, -0.05) is 11.6 Å². The van der Waals surface area contributed by atoms with E-state index in [0.29, 0.717) is 16.1 Å². The van der Waals surface area contributed by atoms with Crippen LogP contribution in [-0.2, 0) is 11.3 Å². The Labute approximate surface area is 129 Å². The Morgan fingerprint density at radius 3 is 2.86 bits per heavy atom. The zero-order valence-corrected chi connectivity index (χ0v) is 12.1. The maximum Gasteiger partial charge on any atom is 0.419 e. The third-order valence-corrected chi connectivity index (χ3v) is 3.24. The Bertz CT molecular complexity index is 873. The molecule has 2 heterocycles. The average molecular weight is 319 g/mol. The maximum atomic E-state index is 11.9. The molecule has 22 heavy (non-hydrogen) atoms. The summed E-state index contributed by atoms with van der Waals surface area (Å²) < 4.78 is 6.48. The minimum Gasteiger partial charge on any atom is -0.408 e. The van der Waals surface area contributed by atoms with E-state index in [4.69, 9.17) is 16.0 Å². The van der Waals surface area contributed by atoms with Gasteiger partial charge in [-0.05, 0) is 18.2 Å². The molecular formula is C14H11ClN4O3. The molecule has 0 aliphatic carbocycles. The van der Waals surface area contributed by atoms with Gasteiger partial charge in [-0.25, -0.2) is 14.8 Å². The molecule has 0 aliphatic rings. The largest absolute Gasteiger partial charge is 0.419 e. The van der Waals surface area contributed by atoms with Gasteiger partial charge in [0.2, 0.25) is 11.9 Å². The van der Waals surface area contributed by atoms with Crippen molar-refractivity contribution in [2.24, 2.45) is 0 Å². The Balaban J connectivity index is 1.73. The number of nitrogens with one attached hydrogen (secondary N) is 1. The Kier molecular flexibility index (Phi) is 3.88. The number of aryl methyl sites for hydroxylation is 1. The van der Waals surface area contributed by atoms with Gasteiger partial charge in [0.15, 0.2) is 5.58 Å². The normalized spacial score (nSPS) is 10.8. The van der Waals surface area contributed by atoms with Gasteiger partial charge in [0.1, 0.15) is 0 Å². The highest BCUT2D eigenvalue weighted by Crippen LogP contribution is 2.18. The van der Waals surface area contributed by atoms with Crippen LogP contribution in [0.5, 0.6) is 0 Å². The average Bonchev–Trinajstić information content (AvgIpc) is 2.80. The van der Waals surface area contributed by atoms with E-state index in [1.165, 1.54) is 17.0 Å². The number of hydrogen-bond donors (Lipinski definition) is 1. The third kappa shape index (κ3) is 2.99. The fourth-order valence-electron chi connectivity index (χ4n) is 2.02. The SMILES string of the molecule is O=C(CCn1c(=O)oc2cc(Cl)ccc21)Nc1ncccn1. The van der Waals surface area contributed by atoms with Crippen molar-refractivity contribution in [1.29, 1.82) is 0 Å². The molecule has 7 nitrogen and oxygen atoms in total. The molecule has 0 saturated heterocycles. The molecule has 0 fully saturated rings. The van der Waals surface area contributed by atoms with E-state index >= 15 is 0 Å². The van der Waals surface area contributed by atoms with Crippen LogP contribution in [0.15, 0.2) is 45.9 Å². The van der Waals surface area contributed by atoms with Crippen LogP contribution in [0.1, 0.15) is 6.42 Å². The molecule has 3 rings (SSSR count). The molecule has 8 heteroatoms. The van der Waals surface area contributed by atoms with Crippen LogP contribution in [0.4, 0.5) is 5.95 Å². The highest BCUT2D eigenvalue weighted by atomic mass is 35.5. The fraction of sp³-hybridized carbons (Fsp3) is 0.143. The highest BCUT2D eigenvalue weighted by molar-refractivity contribution is 6.31. The summed E-state index contributed by atoms with van der Waals surface area (Å²) in [6.45, 7) is 0.187. The number of hydrogen-bond acceptors (Lipinski definition) is 5. The molecule has 1 amide bonds. The van der Waals surface area contributed by atoms with Gasteiger partial charge >= 0.3 is 5.76 Å². The lowest BCUT2D eigenvalue weighted by atomic mass is 10.3. The number of halogens is 1. The molecule has 1 N–H and O–H groups in total. The van der Waals surface area contributed by atoms with E-state index in [9.17, 15) is 9.59 Å². The van der Waals surface area contributed by atoms with Crippen LogP contribution in [0.25, 0.3) is 11.1 Å². The second-order valence-corrected chi connectivity index (χ2v) is 4.94. The Hall–Kier alpha value is -2.67. The molecule has 0 radical (unpaired) electrons. The van der Waals surface area contributed by atoms with Crippen LogP contribution in [0, 0.1) is 0 Å². The molecule has 2 aromatic heterocycles. The number of aromatic nitrogens is 3. The summed E-state index contributed by atoms with van der Waals surface area (Å²) in [4.78, 5) is 31.5. The van der Waals surface area contributed by atoms with E-state index in [0.717, 1.165) is 0 Å². The lowest BCUT2D eigenvalue weighted by molar-refractivity contribution is -0.116. The van der Waals surface area contributed by atoms with Gasteiger partial charge in [0.25, 0.3) is 0 Å². The minimum absolute atomic E-state index is 0.0927. The molecule has 3 aromatic rings. The second-order valence-electron chi connectivity index (χ2n) is 4.50. The van der Waals surface area contributed by atoms with Gasteiger partial charge in [0, 0.05) is 36.4 Å². The minimum atomic E-state index is -0.527. The van der Waals surface area contributed by atoms with Crippen molar-refractivity contribution < 1.29 is 9.21 Å². The van der Waals surface area contributed by atoms with E-state index < -0.39 is 5.76 Å². The summed E-state index contributed by atoms with van der Waals surface area (Å²) in [5, 5.41) is 3.03. The van der Waals surface area contributed by atoms with Crippen molar-refractivity contribution in [2.45, 2.75) is 13.0 Å². The number of rotatable bonds is 4. The molecule has 0 atom stereocenters. The second kappa shape index (κ2) is 5.98. The topological polar surface area (TPSA) is 90.0 Å². The molecule has 0 unspecified atom stereocenters. The number of amides is 1. The first kappa shape index (κ1) is 14.3. The summed E-state index contributed by atoms with van der Waals surface area (Å²) in [7, 11) is 0. The molecule has 0 aliphatic heterocycles. The lowest BCUT2D eigenvalue weighted by Crippen LogP contribution is -2.20. The number of benzene rings is 1. The molecule has 0 spiro atoms. The smallest absolute Gasteiger partial charge is 0.408 e. The quantitative estimate of drug-likeness (QED) is 0.795. The molecule has 0 saturated carbocycles. The Morgan fingerprint density at radius 1 is 1.32 bits per heavy atom. The first-order valence-electron chi connectivity index (χ1n) is 6.49. The van der Waals surface area contributed by atoms with E-state index in [2.05, 4.69) is 15.3 Å². The lowest BCUT2D eigenvalue weighted by Gasteiger charge is -2.04. The summed E-state index contributed by atoms with van der Waals surface area (Å²) in [6, 6.07) is 6.55. The zero-order valence-electron chi connectivity index (χ0n) is 11.3. The van der Waals surface area contributed by atoms with Gasteiger partial charge in [-0.15, -0.1) is 0 Å². The van der Waals surface area contributed by atoms with Crippen molar-refractivity contribution in [1.82, 2.24) is 14.5 Å². The van der Waals surface area contributed by atoms with E-state index in [1.54, 1.807) is 24.3 Å². The summed E-state index contributed by atoms with van der Waals surface area (Å²) in [5.41, 5.74) is 0.988. The van der Waals surface area contributed by atoms with Gasteiger partial charge < -0.3 is 4.42 Å². The Morgan fingerprint density at radius 2 is 2.09 bits per heavy atom. The number of anilines is 1. The predicted octanol–water partition coefficient (Wildman–Crippen LogP) is 2.07. The summed E-state index contributed by atoms with van der Waals surface area (Å²) in [6.07, 6.45) is 3.15. The number of nitrogens with zero attached hydrogens (tertiary/aromatic N) is 3. The molecule has 112 valence electrons. The van der Waals surface area contributed by atoms with Gasteiger partial charge in [-0.3, -0.25) is 14.7 Å². The molecular weight excluding hydrogens is 308 g/mol. The van der Waals surface area contributed by atoms with Crippen molar-refractivity contribution in [3.05, 3.63) is 52.2 Å². The fourth-order valence-corrected chi connectivity index (χ4v) is 2.18. The number of carbonyl (C=O) groups excluding carboxylic acids is 1. The highest BCUT2D eigenvalue weighted by Gasteiger charge is 2.11. The van der Waals surface area contributed by atoms with E-state index in [1.807, 2.05) is 0 Å². The van der Waals surface area contributed by atoms with Gasteiger partial charge in [0.05, 0.1) is 5.52 Å². The van der Waals surface area contributed by atoms with Crippen molar-refractivity contribution in [3.8, 4) is 0 Å². The van der Waals surface area contributed by atoms with Gasteiger partial charge in [-0.2, -0.15) is 0 Å². The number of carbonyl (C=O) groups is 1. The summed E-state index contributed by atoms with van der Waals surface area (Å²) >= 11 is 5.85. The van der Waals surface area contributed by atoms with Crippen LogP contribution in [0.3, 0.4) is 0 Å². The molecule has 0 bridgehead atoms. The summed E-state index contributed by atoms with van der Waals surface area (Å²) in [5.74, 6) is -0.592. The van der Waals surface area contributed by atoms with Crippen LogP contribution >= 0.6 is 11.6 Å². The third-order valence-electron chi connectivity index (χ3n) is 3.01. The van der Waals surface area contributed by atoms with Crippen molar-refractivity contribution in [2.75, 3.05) is 5.32 Å².